The summed E-state index contributed by atoms with van der Waals surface area (Å²) in [4.78, 5) is 6.45. The Hall–Kier alpha value is -1.44. The molecule has 0 bridgehead atoms. The summed E-state index contributed by atoms with van der Waals surface area (Å²) in [5.41, 5.74) is 1.52. The topological polar surface area (TPSA) is 52.0 Å². The molecule has 96 valence electrons. The van der Waals surface area contributed by atoms with Crippen molar-refractivity contribution >= 4 is 0 Å². The second-order valence-corrected chi connectivity index (χ2v) is 5.02. The van der Waals surface area contributed by atoms with Crippen molar-refractivity contribution < 1.29 is 0 Å². The number of piperidine rings is 1. The third-order valence-electron chi connectivity index (χ3n) is 3.47. The molecule has 0 saturated carbocycles. The fourth-order valence-corrected chi connectivity index (χ4v) is 2.53. The fourth-order valence-electron chi connectivity index (χ4n) is 2.53. The first kappa shape index (κ1) is 13.0. The summed E-state index contributed by atoms with van der Waals surface area (Å²) < 4.78 is 0. The van der Waals surface area contributed by atoms with E-state index in [0.717, 1.165) is 24.6 Å². The molecule has 4 nitrogen and oxygen atoms in total. The highest BCUT2D eigenvalue weighted by molar-refractivity contribution is 5.30. The molecule has 18 heavy (non-hydrogen) atoms. The molecule has 1 aromatic rings. The van der Waals surface area contributed by atoms with Gasteiger partial charge >= 0.3 is 0 Å². The van der Waals surface area contributed by atoms with E-state index in [1.54, 1.807) is 6.20 Å². The molecule has 0 aliphatic carbocycles. The van der Waals surface area contributed by atoms with E-state index in [1.807, 2.05) is 12.1 Å². The van der Waals surface area contributed by atoms with Crippen LogP contribution in [-0.2, 0) is 6.54 Å². The Morgan fingerprint density at radius 3 is 3.28 bits per heavy atom. The molecule has 1 unspecified atom stereocenters. The largest absolute Gasteiger partial charge is 0.312 e. The summed E-state index contributed by atoms with van der Waals surface area (Å²) in [7, 11) is 2.18. The molecule has 1 atom stereocenters. The Morgan fingerprint density at radius 2 is 2.50 bits per heavy atom. The van der Waals surface area contributed by atoms with Crippen LogP contribution >= 0.6 is 0 Å². The van der Waals surface area contributed by atoms with E-state index in [1.165, 1.54) is 25.9 Å². The second kappa shape index (κ2) is 6.48. The van der Waals surface area contributed by atoms with Crippen molar-refractivity contribution in [1.29, 1.82) is 5.26 Å². The summed E-state index contributed by atoms with van der Waals surface area (Å²) in [5.74, 6) is 0.728. The van der Waals surface area contributed by atoms with Crippen molar-refractivity contribution in [3.05, 3.63) is 29.6 Å². The number of nitriles is 1. The highest BCUT2D eigenvalue weighted by Crippen LogP contribution is 2.14. The van der Waals surface area contributed by atoms with Crippen LogP contribution in [0.15, 0.2) is 18.3 Å². The van der Waals surface area contributed by atoms with E-state index in [0.29, 0.717) is 5.69 Å². The van der Waals surface area contributed by atoms with Gasteiger partial charge in [0.25, 0.3) is 0 Å². The van der Waals surface area contributed by atoms with Gasteiger partial charge in [-0.2, -0.15) is 5.26 Å². The summed E-state index contributed by atoms with van der Waals surface area (Å²) >= 11 is 0. The lowest BCUT2D eigenvalue weighted by Gasteiger charge is -2.29. The summed E-state index contributed by atoms with van der Waals surface area (Å²) in [6.45, 7) is 4.14. The zero-order valence-electron chi connectivity index (χ0n) is 10.9. The molecule has 1 aromatic heterocycles. The van der Waals surface area contributed by atoms with Crippen LogP contribution in [0.2, 0.25) is 0 Å². The molecule has 1 aliphatic rings. The normalized spacial score (nSPS) is 20.6. The number of hydrogen-bond acceptors (Lipinski definition) is 4. The van der Waals surface area contributed by atoms with Crippen LogP contribution in [0.4, 0.5) is 0 Å². The third-order valence-corrected chi connectivity index (χ3v) is 3.47. The molecule has 4 heteroatoms. The van der Waals surface area contributed by atoms with Crippen LogP contribution in [-0.4, -0.2) is 36.6 Å². The van der Waals surface area contributed by atoms with Gasteiger partial charge in [0.15, 0.2) is 0 Å². The maximum atomic E-state index is 8.95. The number of nitrogens with zero attached hydrogens (tertiary/aromatic N) is 3. The number of nitrogens with one attached hydrogen (secondary N) is 1. The Morgan fingerprint density at radius 1 is 1.61 bits per heavy atom. The van der Waals surface area contributed by atoms with Gasteiger partial charge in [-0.05, 0) is 45.0 Å². The van der Waals surface area contributed by atoms with Crippen molar-refractivity contribution in [3.8, 4) is 6.07 Å². The average molecular weight is 244 g/mol. The van der Waals surface area contributed by atoms with Crippen LogP contribution in [0.1, 0.15) is 24.1 Å². The lowest BCUT2D eigenvalue weighted by Crippen LogP contribution is -2.37. The minimum Gasteiger partial charge on any atom is -0.312 e. The predicted octanol–water partition coefficient (Wildman–Crippen LogP) is 1.38. The van der Waals surface area contributed by atoms with E-state index >= 15 is 0 Å². The van der Waals surface area contributed by atoms with Crippen molar-refractivity contribution in [2.75, 3.05) is 26.7 Å². The Balaban J connectivity index is 1.80. The summed E-state index contributed by atoms with van der Waals surface area (Å²) in [6, 6.07) is 5.98. The Labute approximate surface area is 109 Å². The third kappa shape index (κ3) is 3.52. The van der Waals surface area contributed by atoms with Gasteiger partial charge in [-0.15, -0.1) is 0 Å². The van der Waals surface area contributed by atoms with Crippen molar-refractivity contribution in [1.82, 2.24) is 15.2 Å². The molecule has 0 amide bonds. The van der Waals surface area contributed by atoms with E-state index in [9.17, 15) is 0 Å². The molecule has 0 spiro atoms. The minimum atomic E-state index is 0.533. The average Bonchev–Trinajstić information content (AvgIpc) is 2.39. The SMILES string of the molecule is CN1CCCC(CNCc2cccnc2C#N)C1. The van der Waals surface area contributed by atoms with Crippen LogP contribution in [0, 0.1) is 17.2 Å². The molecule has 1 fully saturated rings. The number of hydrogen-bond donors (Lipinski definition) is 1. The maximum absolute atomic E-state index is 8.95. The quantitative estimate of drug-likeness (QED) is 0.869. The first-order valence-electron chi connectivity index (χ1n) is 6.53. The van der Waals surface area contributed by atoms with Gasteiger partial charge in [0.1, 0.15) is 11.8 Å². The van der Waals surface area contributed by atoms with Crippen molar-refractivity contribution in [2.24, 2.45) is 5.92 Å². The molecular weight excluding hydrogens is 224 g/mol. The monoisotopic (exact) mass is 244 g/mol. The van der Waals surface area contributed by atoms with Crippen LogP contribution in [0.3, 0.4) is 0 Å². The molecule has 2 rings (SSSR count). The molecular formula is C14H20N4. The molecule has 0 aromatic carbocycles. The van der Waals surface area contributed by atoms with Gasteiger partial charge < -0.3 is 10.2 Å². The van der Waals surface area contributed by atoms with E-state index < -0.39 is 0 Å². The van der Waals surface area contributed by atoms with Crippen molar-refractivity contribution in [3.63, 3.8) is 0 Å². The molecule has 1 saturated heterocycles. The predicted molar refractivity (Wildman–Crippen MR) is 70.9 cm³/mol. The van der Waals surface area contributed by atoms with Gasteiger partial charge in [-0.3, -0.25) is 0 Å². The van der Waals surface area contributed by atoms with E-state index in [2.05, 4.69) is 28.3 Å². The second-order valence-electron chi connectivity index (χ2n) is 5.02. The van der Waals surface area contributed by atoms with Crippen LogP contribution in [0.5, 0.6) is 0 Å². The van der Waals surface area contributed by atoms with Crippen LogP contribution in [0.25, 0.3) is 0 Å². The Bertz CT molecular complexity index is 424. The first-order valence-corrected chi connectivity index (χ1v) is 6.53. The molecule has 2 heterocycles. The molecule has 0 radical (unpaired) electrons. The van der Waals surface area contributed by atoms with Gasteiger partial charge in [-0.1, -0.05) is 6.07 Å². The Kier molecular flexibility index (Phi) is 4.68. The first-order chi connectivity index (χ1) is 8.79. The molecule has 1 N–H and O–H groups in total. The number of rotatable bonds is 4. The lowest BCUT2D eigenvalue weighted by molar-refractivity contribution is 0.206. The minimum absolute atomic E-state index is 0.533. The smallest absolute Gasteiger partial charge is 0.144 e. The highest BCUT2D eigenvalue weighted by atomic mass is 15.1. The standard InChI is InChI=1S/C14H20N4/c1-18-7-3-4-12(11-18)9-16-10-13-5-2-6-17-14(13)8-15/h2,5-6,12,16H,3-4,7,9-11H2,1H3. The van der Waals surface area contributed by atoms with E-state index in [-0.39, 0.29) is 0 Å². The number of aromatic nitrogens is 1. The van der Waals surface area contributed by atoms with Gasteiger partial charge in [-0.25, -0.2) is 4.98 Å². The summed E-state index contributed by atoms with van der Waals surface area (Å²) in [5, 5.41) is 12.4. The lowest BCUT2D eigenvalue weighted by atomic mass is 9.98. The zero-order chi connectivity index (χ0) is 12.8. The molecule has 1 aliphatic heterocycles. The summed E-state index contributed by atoms with van der Waals surface area (Å²) in [6.07, 6.45) is 4.26. The maximum Gasteiger partial charge on any atom is 0.144 e. The van der Waals surface area contributed by atoms with E-state index in [4.69, 9.17) is 5.26 Å². The number of likely N-dealkylation sites (tertiary alicyclic amines) is 1. The van der Waals surface area contributed by atoms with Gasteiger partial charge in [0.05, 0.1) is 0 Å². The zero-order valence-corrected chi connectivity index (χ0v) is 10.9. The number of pyridine rings is 1. The van der Waals surface area contributed by atoms with Crippen LogP contribution < -0.4 is 5.32 Å². The van der Waals surface area contributed by atoms with Crippen molar-refractivity contribution in [2.45, 2.75) is 19.4 Å². The highest BCUT2D eigenvalue weighted by Gasteiger charge is 2.16. The fraction of sp³-hybridized carbons (Fsp3) is 0.571. The van der Waals surface area contributed by atoms with Gasteiger partial charge in [0.2, 0.25) is 0 Å². The van der Waals surface area contributed by atoms with Gasteiger partial charge in [0, 0.05) is 24.8 Å².